The van der Waals surface area contributed by atoms with E-state index in [0.29, 0.717) is 17.3 Å². The van der Waals surface area contributed by atoms with Gasteiger partial charge in [-0.1, -0.05) is 6.07 Å². The number of aryl methyl sites for hydroxylation is 2. The third-order valence-corrected chi connectivity index (χ3v) is 4.81. The minimum absolute atomic E-state index is 0.494. The Morgan fingerprint density at radius 3 is 2.36 bits per heavy atom. The van der Waals surface area contributed by atoms with Crippen molar-refractivity contribution in [3.05, 3.63) is 65.0 Å². The first-order valence-corrected chi connectivity index (χ1v) is 8.48. The second-order valence-electron chi connectivity index (χ2n) is 5.59. The second-order valence-corrected chi connectivity index (χ2v) is 6.64. The van der Waals surface area contributed by atoms with Gasteiger partial charge in [-0.05, 0) is 71.8 Å². The van der Waals surface area contributed by atoms with Crippen LogP contribution >= 0.6 is 11.8 Å². The summed E-state index contributed by atoms with van der Waals surface area (Å²) in [7, 11) is 0. The molecule has 0 saturated carbocycles. The van der Waals surface area contributed by atoms with Gasteiger partial charge in [0, 0.05) is 4.90 Å². The number of hydrogen-bond acceptors (Lipinski definition) is 4. The summed E-state index contributed by atoms with van der Waals surface area (Å²) < 4.78 is 39.4. The summed E-state index contributed by atoms with van der Waals surface area (Å²) in [5.74, 6) is 1.08. The topological polar surface area (TPSA) is 43.6 Å². The predicted molar refractivity (Wildman–Crippen MR) is 89.6 cm³/mol. The Kier molecular flexibility index (Phi) is 4.80. The average Bonchev–Trinajstić information content (AvgIpc) is 3.04. The minimum atomic E-state index is -4.36. The van der Waals surface area contributed by atoms with E-state index >= 15 is 0 Å². The lowest BCUT2D eigenvalue weighted by molar-refractivity contribution is -0.137. The summed E-state index contributed by atoms with van der Waals surface area (Å²) in [6, 6.07) is 10.9. The molecule has 130 valence electrons. The molecule has 3 aromatic rings. The molecule has 0 aliphatic carbocycles. The van der Waals surface area contributed by atoms with E-state index in [2.05, 4.69) is 34.6 Å². The monoisotopic (exact) mass is 364 g/mol. The Balaban J connectivity index is 1.77. The van der Waals surface area contributed by atoms with Gasteiger partial charge in [-0.15, -0.1) is 16.9 Å². The molecular formula is C17H15F3N4S. The summed E-state index contributed by atoms with van der Waals surface area (Å²) in [6.07, 6.45) is -4.36. The van der Waals surface area contributed by atoms with Crippen LogP contribution in [0.3, 0.4) is 0 Å². The molecule has 25 heavy (non-hydrogen) atoms. The standard InChI is InChI=1S/C17H15F3N4S/c1-11-3-8-15(9-12(11)2)25-10-16-21-22-23-24(16)14-6-4-13(5-7-14)17(18,19)20/h3-9H,10H2,1-2H3. The van der Waals surface area contributed by atoms with Crippen LogP contribution in [0.2, 0.25) is 0 Å². The molecule has 0 N–H and O–H groups in total. The molecule has 0 spiro atoms. The number of benzene rings is 2. The summed E-state index contributed by atoms with van der Waals surface area (Å²) in [5, 5.41) is 11.5. The molecule has 0 unspecified atom stereocenters. The van der Waals surface area contributed by atoms with Crippen molar-refractivity contribution in [3.63, 3.8) is 0 Å². The maximum Gasteiger partial charge on any atom is 0.416 e. The van der Waals surface area contributed by atoms with Gasteiger partial charge in [0.25, 0.3) is 0 Å². The molecular weight excluding hydrogens is 349 g/mol. The molecule has 2 aromatic carbocycles. The molecule has 3 rings (SSSR count). The molecule has 8 heteroatoms. The first-order valence-electron chi connectivity index (χ1n) is 7.49. The van der Waals surface area contributed by atoms with Crippen molar-refractivity contribution in [3.8, 4) is 5.69 Å². The third kappa shape index (κ3) is 4.01. The van der Waals surface area contributed by atoms with E-state index in [-0.39, 0.29) is 0 Å². The van der Waals surface area contributed by atoms with Crippen molar-refractivity contribution in [2.75, 3.05) is 0 Å². The SMILES string of the molecule is Cc1ccc(SCc2nnnn2-c2ccc(C(F)(F)F)cc2)cc1C. The number of alkyl halides is 3. The van der Waals surface area contributed by atoms with Gasteiger partial charge in [0.1, 0.15) is 0 Å². The number of nitrogens with zero attached hydrogens (tertiary/aromatic N) is 4. The van der Waals surface area contributed by atoms with E-state index in [1.807, 2.05) is 13.0 Å². The highest BCUT2D eigenvalue weighted by Crippen LogP contribution is 2.30. The van der Waals surface area contributed by atoms with Gasteiger partial charge in [0.05, 0.1) is 17.0 Å². The van der Waals surface area contributed by atoms with Crippen LogP contribution in [0.5, 0.6) is 0 Å². The zero-order valence-corrected chi connectivity index (χ0v) is 14.4. The Morgan fingerprint density at radius 1 is 1.00 bits per heavy atom. The van der Waals surface area contributed by atoms with Crippen molar-refractivity contribution in [1.82, 2.24) is 20.2 Å². The molecule has 1 aromatic heterocycles. The molecule has 0 radical (unpaired) electrons. The van der Waals surface area contributed by atoms with E-state index < -0.39 is 11.7 Å². The molecule has 0 aliphatic heterocycles. The lowest BCUT2D eigenvalue weighted by Crippen LogP contribution is -2.06. The average molecular weight is 364 g/mol. The zero-order valence-electron chi connectivity index (χ0n) is 13.6. The predicted octanol–water partition coefficient (Wildman–Crippen LogP) is 4.59. The van der Waals surface area contributed by atoms with Gasteiger partial charge in [-0.2, -0.15) is 17.9 Å². The Bertz CT molecular complexity index is 872. The van der Waals surface area contributed by atoms with Crippen LogP contribution in [0.15, 0.2) is 47.4 Å². The van der Waals surface area contributed by atoms with Crippen LogP contribution in [0, 0.1) is 13.8 Å². The maximum atomic E-state index is 12.7. The highest BCUT2D eigenvalue weighted by molar-refractivity contribution is 7.98. The van der Waals surface area contributed by atoms with Gasteiger partial charge in [0.2, 0.25) is 0 Å². The molecule has 0 bridgehead atoms. The van der Waals surface area contributed by atoms with Crippen LogP contribution in [0.4, 0.5) is 13.2 Å². The van der Waals surface area contributed by atoms with Crippen LogP contribution < -0.4 is 0 Å². The number of hydrogen-bond donors (Lipinski definition) is 0. The Morgan fingerprint density at radius 2 is 1.72 bits per heavy atom. The van der Waals surface area contributed by atoms with E-state index in [1.54, 1.807) is 11.8 Å². The van der Waals surface area contributed by atoms with E-state index in [4.69, 9.17) is 0 Å². The van der Waals surface area contributed by atoms with Crippen molar-refractivity contribution >= 4 is 11.8 Å². The molecule has 0 atom stereocenters. The van der Waals surface area contributed by atoms with Gasteiger partial charge >= 0.3 is 6.18 Å². The van der Waals surface area contributed by atoms with Gasteiger partial charge in [-0.3, -0.25) is 0 Å². The highest BCUT2D eigenvalue weighted by Gasteiger charge is 2.30. The zero-order chi connectivity index (χ0) is 18.0. The molecule has 1 heterocycles. The number of aromatic nitrogens is 4. The van der Waals surface area contributed by atoms with Gasteiger partial charge < -0.3 is 0 Å². The largest absolute Gasteiger partial charge is 0.416 e. The fraction of sp³-hybridized carbons (Fsp3) is 0.235. The number of halogens is 3. The van der Waals surface area contributed by atoms with E-state index in [9.17, 15) is 13.2 Å². The number of tetrazole rings is 1. The van der Waals surface area contributed by atoms with Crippen molar-refractivity contribution < 1.29 is 13.2 Å². The highest BCUT2D eigenvalue weighted by atomic mass is 32.2. The smallest absolute Gasteiger partial charge is 0.196 e. The first kappa shape index (κ1) is 17.5. The lowest BCUT2D eigenvalue weighted by Gasteiger charge is -2.09. The Hall–Kier alpha value is -2.35. The Labute approximate surface area is 147 Å². The summed E-state index contributed by atoms with van der Waals surface area (Å²) in [5.41, 5.74) is 2.22. The quantitative estimate of drug-likeness (QED) is 0.635. The van der Waals surface area contributed by atoms with Crippen LogP contribution in [-0.4, -0.2) is 20.2 Å². The van der Waals surface area contributed by atoms with Crippen LogP contribution in [0.1, 0.15) is 22.5 Å². The lowest BCUT2D eigenvalue weighted by atomic mass is 10.1. The molecule has 0 saturated heterocycles. The second kappa shape index (κ2) is 6.87. The molecule has 0 fully saturated rings. The molecule has 4 nitrogen and oxygen atoms in total. The van der Waals surface area contributed by atoms with E-state index in [0.717, 1.165) is 17.0 Å². The normalized spacial score (nSPS) is 11.7. The van der Waals surface area contributed by atoms with Crippen LogP contribution in [-0.2, 0) is 11.9 Å². The molecule has 0 aliphatic rings. The number of thioether (sulfide) groups is 1. The van der Waals surface area contributed by atoms with Gasteiger partial charge in [-0.25, -0.2) is 0 Å². The summed E-state index contributed by atoms with van der Waals surface area (Å²) >= 11 is 1.57. The fourth-order valence-electron chi connectivity index (χ4n) is 2.24. The molecule has 0 amide bonds. The maximum absolute atomic E-state index is 12.7. The fourth-order valence-corrected chi connectivity index (χ4v) is 3.14. The van der Waals surface area contributed by atoms with Gasteiger partial charge in [0.15, 0.2) is 5.82 Å². The summed E-state index contributed by atoms with van der Waals surface area (Å²) in [4.78, 5) is 1.09. The van der Waals surface area contributed by atoms with Crippen molar-refractivity contribution in [1.29, 1.82) is 0 Å². The van der Waals surface area contributed by atoms with E-state index in [1.165, 1.54) is 27.9 Å². The minimum Gasteiger partial charge on any atom is -0.196 e. The van der Waals surface area contributed by atoms with Crippen molar-refractivity contribution in [2.45, 2.75) is 30.7 Å². The summed E-state index contributed by atoms with van der Waals surface area (Å²) in [6.45, 7) is 4.10. The number of rotatable bonds is 4. The van der Waals surface area contributed by atoms with Crippen molar-refractivity contribution in [2.24, 2.45) is 0 Å². The van der Waals surface area contributed by atoms with Crippen LogP contribution in [0.25, 0.3) is 5.69 Å². The third-order valence-electron chi connectivity index (χ3n) is 3.82. The first-order chi connectivity index (χ1) is 11.8.